The van der Waals surface area contributed by atoms with Gasteiger partial charge in [-0.2, -0.15) is 26.3 Å². The zero-order chi connectivity index (χ0) is 18.3. The fourth-order valence-electron chi connectivity index (χ4n) is 2.03. The summed E-state index contributed by atoms with van der Waals surface area (Å²) in [7, 11) is 0. The molecule has 128 valence electrons. The summed E-state index contributed by atoms with van der Waals surface area (Å²) in [6.07, 6.45) is -10.5. The first-order valence-corrected chi connectivity index (χ1v) is 6.17. The van der Waals surface area contributed by atoms with Gasteiger partial charge in [-0.25, -0.2) is 0 Å². The van der Waals surface area contributed by atoms with Crippen molar-refractivity contribution in [1.82, 2.24) is 0 Å². The van der Waals surface area contributed by atoms with Crippen LogP contribution < -0.4 is 0 Å². The Morgan fingerprint density at radius 2 is 1.38 bits per heavy atom. The molecule has 2 rings (SSSR count). The molecule has 0 bridgehead atoms. The quantitative estimate of drug-likeness (QED) is 0.470. The minimum absolute atomic E-state index is 0.222. The molecule has 2 aromatic carbocycles. The summed E-state index contributed by atoms with van der Waals surface area (Å²) < 4.78 is 77.3. The van der Waals surface area contributed by atoms with Gasteiger partial charge in [-0.1, -0.05) is 12.1 Å². The van der Waals surface area contributed by atoms with Gasteiger partial charge in [0.05, 0.1) is 16.1 Å². The Hall–Kier alpha value is -2.78. The normalized spacial score (nSPS) is 12.2. The Morgan fingerprint density at radius 1 is 0.875 bits per heavy atom. The Kier molecular flexibility index (Phi) is 4.17. The molecule has 0 unspecified atom stereocenters. The van der Waals surface area contributed by atoms with Gasteiger partial charge in [0.25, 0.3) is 5.69 Å². The van der Waals surface area contributed by atoms with E-state index in [0.717, 1.165) is 24.3 Å². The lowest BCUT2D eigenvalue weighted by molar-refractivity contribution is -0.384. The molecule has 0 heterocycles. The molecule has 0 amide bonds. The smallest absolute Gasteiger partial charge is 0.419 e. The number of phenols is 1. The van der Waals surface area contributed by atoms with E-state index in [1.54, 1.807) is 0 Å². The average Bonchev–Trinajstić information content (AvgIpc) is 2.45. The summed E-state index contributed by atoms with van der Waals surface area (Å²) in [6, 6.07) is 4.75. The van der Waals surface area contributed by atoms with Crippen molar-refractivity contribution in [3.63, 3.8) is 0 Å². The van der Waals surface area contributed by atoms with Crippen molar-refractivity contribution in [1.29, 1.82) is 0 Å². The Labute approximate surface area is 130 Å². The lowest BCUT2D eigenvalue weighted by atomic mass is 9.97. The zero-order valence-corrected chi connectivity index (χ0v) is 11.4. The summed E-state index contributed by atoms with van der Waals surface area (Å²) in [5, 5.41) is 20.0. The van der Waals surface area contributed by atoms with Gasteiger partial charge in [0.1, 0.15) is 5.75 Å². The number of benzene rings is 2. The molecule has 2 aromatic rings. The number of halogens is 6. The zero-order valence-electron chi connectivity index (χ0n) is 11.4. The molecule has 4 nitrogen and oxygen atoms in total. The van der Waals surface area contributed by atoms with Crippen molar-refractivity contribution in [2.75, 3.05) is 0 Å². The first kappa shape index (κ1) is 17.6. The summed E-state index contributed by atoms with van der Waals surface area (Å²) in [6.45, 7) is 0. The predicted octanol–water partition coefficient (Wildman–Crippen LogP) is 5.01. The van der Waals surface area contributed by atoms with E-state index in [9.17, 15) is 41.6 Å². The highest BCUT2D eigenvalue weighted by molar-refractivity contribution is 5.70. The van der Waals surface area contributed by atoms with E-state index >= 15 is 0 Å². The lowest BCUT2D eigenvalue weighted by Gasteiger charge is -2.17. The van der Waals surface area contributed by atoms with Gasteiger partial charge in [-0.15, -0.1) is 0 Å². The van der Waals surface area contributed by atoms with Crippen molar-refractivity contribution in [3.05, 3.63) is 57.6 Å². The molecule has 0 aliphatic heterocycles. The van der Waals surface area contributed by atoms with Gasteiger partial charge in [-0.3, -0.25) is 10.1 Å². The van der Waals surface area contributed by atoms with Gasteiger partial charge in [-0.05, 0) is 23.3 Å². The summed E-state index contributed by atoms with van der Waals surface area (Å²) >= 11 is 0. The molecule has 0 saturated carbocycles. The molecule has 0 aromatic heterocycles. The van der Waals surface area contributed by atoms with Crippen LogP contribution in [0.4, 0.5) is 32.0 Å². The number of phenolic OH excluding ortho intramolecular Hbond substituents is 1. The summed E-state index contributed by atoms with van der Waals surface area (Å²) in [5.74, 6) is -1.94. The SMILES string of the molecule is O=[N+]([O-])c1cccc(-c2cc(C(F)(F)F)c(O)c(C(F)(F)F)c2)c1. The third-order valence-electron chi connectivity index (χ3n) is 3.11. The van der Waals surface area contributed by atoms with E-state index in [0.29, 0.717) is 12.1 Å². The highest BCUT2D eigenvalue weighted by Gasteiger charge is 2.42. The van der Waals surface area contributed by atoms with E-state index < -0.39 is 45.4 Å². The van der Waals surface area contributed by atoms with Crippen LogP contribution in [0.15, 0.2) is 36.4 Å². The number of nitro benzene ring substituents is 1. The van der Waals surface area contributed by atoms with Crippen LogP contribution >= 0.6 is 0 Å². The van der Waals surface area contributed by atoms with Crippen molar-refractivity contribution in [2.45, 2.75) is 12.4 Å². The molecule has 0 aliphatic carbocycles. The van der Waals surface area contributed by atoms with Crippen LogP contribution in [0.3, 0.4) is 0 Å². The third-order valence-corrected chi connectivity index (χ3v) is 3.11. The van der Waals surface area contributed by atoms with Gasteiger partial charge >= 0.3 is 12.4 Å². The second-order valence-corrected chi connectivity index (χ2v) is 4.72. The number of rotatable bonds is 2. The number of nitro groups is 1. The molecular weight excluding hydrogens is 344 g/mol. The number of non-ortho nitro benzene ring substituents is 1. The molecule has 0 saturated heterocycles. The first-order chi connectivity index (χ1) is 10.9. The number of hydrogen-bond acceptors (Lipinski definition) is 3. The highest BCUT2D eigenvalue weighted by Crippen LogP contribution is 2.46. The summed E-state index contributed by atoms with van der Waals surface area (Å²) in [4.78, 5) is 9.86. The molecule has 0 atom stereocenters. The van der Waals surface area contributed by atoms with E-state index in [1.165, 1.54) is 0 Å². The minimum atomic E-state index is -5.24. The van der Waals surface area contributed by atoms with Gasteiger partial charge in [0.15, 0.2) is 0 Å². The highest BCUT2D eigenvalue weighted by atomic mass is 19.4. The predicted molar refractivity (Wildman–Crippen MR) is 70.2 cm³/mol. The lowest BCUT2D eigenvalue weighted by Crippen LogP contribution is -2.12. The Morgan fingerprint density at radius 3 is 1.79 bits per heavy atom. The van der Waals surface area contributed by atoms with Crippen LogP contribution in [0.1, 0.15) is 11.1 Å². The van der Waals surface area contributed by atoms with Crippen molar-refractivity contribution < 1.29 is 36.4 Å². The molecule has 24 heavy (non-hydrogen) atoms. The van der Waals surface area contributed by atoms with Crippen molar-refractivity contribution in [2.24, 2.45) is 0 Å². The molecule has 10 heteroatoms. The molecule has 0 spiro atoms. The van der Waals surface area contributed by atoms with Crippen LogP contribution in [0, 0.1) is 10.1 Å². The Balaban J connectivity index is 2.76. The molecule has 0 aliphatic rings. The van der Waals surface area contributed by atoms with Gasteiger partial charge < -0.3 is 5.11 Å². The minimum Gasteiger partial charge on any atom is -0.507 e. The van der Waals surface area contributed by atoms with E-state index in [1.807, 2.05) is 0 Å². The number of alkyl halides is 6. The fraction of sp³-hybridized carbons (Fsp3) is 0.143. The molecule has 0 fully saturated rings. The number of aromatic hydroxyl groups is 1. The topological polar surface area (TPSA) is 63.4 Å². The van der Waals surface area contributed by atoms with Crippen LogP contribution in [0.25, 0.3) is 11.1 Å². The molecule has 1 N–H and O–H groups in total. The third kappa shape index (κ3) is 3.42. The number of hydrogen-bond donors (Lipinski definition) is 1. The number of nitrogens with zero attached hydrogens (tertiary/aromatic N) is 1. The van der Waals surface area contributed by atoms with Crippen LogP contribution in [0.5, 0.6) is 5.75 Å². The second kappa shape index (κ2) is 5.69. The fourth-order valence-corrected chi connectivity index (χ4v) is 2.03. The Bertz CT molecular complexity index is 763. The second-order valence-electron chi connectivity index (χ2n) is 4.72. The van der Waals surface area contributed by atoms with Gasteiger partial charge in [0.2, 0.25) is 0 Å². The summed E-state index contributed by atoms with van der Waals surface area (Å²) in [5.41, 5.74) is -5.03. The standard InChI is InChI=1S/C14H7F6NO3/c15-13(16,17)10-5-8(6-11(12(10)22)14(18,19)20)7-2-1-3-9(4-7)21(23)24/h1-6,22H. The van der Waals surface area contributed by atoms with Crippen LogP contribution in [0.2, 0.25) is 0 Å². The average molecular weight is 351 g/mol. The van der Waals surface area contributed by atoms with Crippen LogP contribution in [-0.2, 0) is 12.4 Å². The van der Waals surface area contributed by atoms with Gasteiger partial charge in [0, 0.05) is 12.1 Å². The van der Waals surface area contributed by atoms with E-state index in [2.05, 4.69) is 0 Å². The molecular formula is C14H7F6NO3. The van der Waals surface area contributed by atoms with Crippen molar-refractivity contribution >= 4 is 5.69 Å². The molecule has 0 radical (unpaired) electrons. The largest absolute Gasteiger partial charge is 0.507 e. The maximum absolute atomic E-state index is 12.9. The van der Waals surface area contributed by atoms with E-state index in [-0.39, 0.29) is 5.56 Å². The maximum Gasteiger partial charge on any atom is 0.419 e. The first-order valence-electron chi connectivity index (χ1n) is 6.17. The monoisotopic (exact) mass is 351 g/mol. The van der Waals surface area contributed by atoms with E-state index in [4.69, 9.17) is 0 Å². The van der Waals surface area contributed by atoms with Crippen molar-refractivity contribution in [3.8, 4) is 16.9 Å². The maximum atomic E-state index is 12.9. The van der Waals surface area contributed by atoms with Crippen LogP contribution in [-0.4, -0.2) is 10.0 Å².